The molecule has 0 amide bonds. The second-order valence-electron chi connectivity index (χ2n) is 5.05. The van der Waals surface area contributed by atoms with Crippen molar-refractivity contribution in [2.45, 2.75) is 37.3 Å². The van der Waals surface area contributed by atoms with Crippen LogP contribution in [0.5, 0.6) is 0 Å². The average Bonchev–Trinajstić information content (AvgIpc) is 3.07. The highest BCUT2D eigenvalue weighted by molar-refractivity contribution is 7.98. The zero-order valence-corrected chi connectivity index (χ0v) is 12.9. The van der Waals surface area contributed by atoms with Crippen LogP contribution in [0.1, 0.15) is 31.4 Å². The molecule has 21 heavy (non-hydrogen) atoms. The van der Waals surface area contributed by atoms with Gasteiger partial charge in [0.1, 0.15) is 11.5 Å². The molecule has 3 heterocycles. The van der Waals surface area contributed by atoms with E-state index in [0.29, 0.717) is 12.6 Å². The Balaban J connectivity index is 1.80. The van der Waals surface area contributed by atoms with Crippen LogP contribution in [0.4, 0.5) is 0 Å². The Bertz CT molecular complexity index is 712. The van der Waals surface area contributed by atoms with Gasteiger partial charge in [0.25, 0.3) is 0 Å². The molecule has 0 unspecified atom stereocenters. The lowest BCUT2D eigenvalue weighted by molar-refractivity contribution is 0.526. The highest BCUT2D eigenvalue weighted by atomic mass is 32.2. The van der Waals surface area contributed by atoms with Gasteiger partial charge in [-0.1, -0.05) is 17.8 Å². The molecule has 0 atom stereocenters. The van der Waals surface area contributed by atoms with Gasteiger partial charge in [-0.25, -0.2) is 4.98 Å². The largest absolute Gasteiger partial charge is 0.324 e. The number of hydrogen-bond acceptors (Lipinski definition) is 5. The van der Waals surface area contributed by atoms with Crippen molar-refractivity contribution in [2.24, 2.45) is 5.73 Å². The van der Waals surface area contributed by atoms with Crippen molar-refractivity contribution in [3.05, 3.63) is 42.1 Å². The molecule has 0 saturated carbocycles. The molecule has 0 fully saturated rings. The Labute approximate surface area is 127 Å². The smallest absolute Gasteiger partial charge is 0.191 e. The summed E-state index contributed by atoms with van der Waals surface area (Å²) in [6.07, 6.45) is 4.04. The van der Waals surface area contributed by atoms with Gasteiger partial charge in [-0.3, -0.25) is 0 Å². The van der Waals surface area contributed by atoms with Crippen LogP contribution in [-0.2, 0) is 12.3 Å². The number of nitrogens with zero attached hydrogens (tertiary/aromatic N) is 5. The van der Waals surface area contributed by atoms with Crippen LogP contribution in [0.15, 0.2) is 35.7 Å². The molecule has 6 nitrogen and oxygen atoms in total. The zero-order valence-electron chi connectivity index (χ0n) is 12.1. The Morgan fingerprint density at radius 2 is 2.14 bits per heavy atom. The summed E-state index contributed by atoms with van der Waals surface area (Å²) in [5.41, 5.74) is 7.70. The first-order valence-electron chi connectivity index (χ1n) is 6.88. The van der Waals surface area contributed by atoms with Crippen molar-refractivity contribution >= 4 is 17.4 Å². The molecule has 0 aliphatic carbocycles. The second-order valence-corrected chi connectivity index (χ2v) is 6.00. The Hall–Kier alpha value is -1.86. The van der Waals surface area contributed by atoms with Gasteiger partial charge in [0.05, 0.1) is 12.2 Å². The monoisotopic (exact) mass is 302 g/mol. The number of hydrogen-bond donors (Lipinski definition) is 1. The Morgan fingerprint density at radius 1 is 1.29 bits per heavy atom. The summed E-state index contributed by atoms with van der Waals surface area (Å²) >= 11 is 1.64. The first-order valence-corrected chi connectivity index (χ1v) is 7.87. The van der Waals surface area contributed by atoms with E-state index in [-0.39, 0.29) is 0 Å². The SMILES string of the molecule is CC(C)n1c(CN)nnc1SCc1cn2ccccc2n1. The highest BCUT2D eigenvalue weighted by Gasteiger charge is 2.14. The number of fused-ring (bicyclic) bond motifs is 1. The number of nitrogens with two attached hydrogens (primary N) is 1. The van der Waals surface area contributed by atoms with E-state index in [1.54, 1.807) is 11.8 Å². The predicted octanol–water partition coefficient (Wildman–Crippen LogP) is 2.26. The molecule has 7 heteroatoms. The minimum absolute atomic E-state index is 0.294. The minimum atomic E-state index is 0.294. The topological polar surface area (TPSA) is 74.0 Å². The van der Waals surface area contributed by atoms with Gasteiger partial charge in [0, 0.05) is 24.2 Å². The summed E-state index contributed by atoms with van der Waals surface area (Å²) < 4.78 is 4.11. The van der Waals surface area contributed by atoms with Crippen molar-refractivity contribution in [1.29, 1.82) is 0 Å². The predicted molar refractivity (Wildman–Crippen MR) is 83.1 cm³/mol. The van der Waals surface area contributed by atoms with Crippen LogP contribution < -0.4 is 5.73 Å². The van der Waals surface area contributed by atoms with Crippen molar-refractivity contribution in [3.63, 3.8) is 0 Å². The normalized spacial score (nSPS) is 11.6. The van der Waals surface area contributed by atoms with Crippen molar-refractivity contribution in [1.82, 2.24) is 24.1 Å². The Morgan fingerprint density at radius 3 is 2.86 bits per heavy atom. The fourth-order valence-electron chi connectivity index (χ4n) is 2.26. The van der Waals surface area contributed by atoms with Gasteiger partial charge in [-0.2, -0.15) is 0 Å². The molecule has 0 bridgehead atoms. The fourth-order valence-corrected chi connectivity index (χ4v) is 3.23. The quantitative estimate of drug-likeness (QED) is 0.732. The summed E-state index contributed by atoms with van der Waals surface area (Å²) in [4.78, 5) is 4.59. The summed E-state index contributed by atoms with van der Waals surface area (Å²) in [6, 6.07) is 6.27. The van der Waals surface area contributed by atoms with Crippen LogP contribution in [-0.4, -0.2) is 24.1 Å². The number of aromatic nitrogens is 5. The van der Waals surface area contributed by atoms with E-state index in [2.05, 4.69) is 33.6 Å². The maximum absolute atomic E-state index is 5.71. The van der Waals surface area contributed by atoms with E-state index in [1.165, 1.54) is 0 Å². The van der Waals surface area contributed by atoms with Gasteiger partial charge in [-0.15, -0.1) is 10.2 Å². The lowest BCUT2D eigenvalue weighted by Crippen LogP contribution is -2.11. The lowest BCUT2D eigenvalue weighted by atomic mass is 10.4. The maximum atomic E-state index is 5.71. The molecule has 3 rings (SSSR count). The summed E-state index contributed by atoms with van der Waals surface area (Å²) in [5.74, 6) is 1.58. The van der Waals surface area contributed by atoms with Gasteiger partial charge >= 0.3 is 0 Å². The third-order valence-electron chi connectivity index (χ3n) is 3.20. The highest BCUT2D eigenvalue weighted by Crippen LogP contribution is 2.24. The molecule has 0 spiro atoms. The van der Waals surface area contributed by atoms with Crippen molar-refractivity contribution in [3.8, 4) is 0 Å². The zero-order chi connectivity index (χ0) is 14.8. The molecule has 3 aromatic rings. The summed E-state index contributed by atoms with van der Waals surface area (Å²) in [6.45, 7) is 4.62. The third kappa shape index (κ3) is 2.79. The number of rotatable bonds is 5. The average molecular weight is 302 g/mol. The molecule has 0 radical (unpaired) electrons. The standard InChI is InChI=1S/C14H18N6S/c1-10(2)20-13(7-15)17-18-14(20)21-9-11-8-19-6-4-3-5-12(19)16-11/h3-6,8,10H,7,9,15H2,1-2H3. The van der Waals surface area contributed by atoms with E-state index >= 15 is 0 Å². The fraction of sp³-hybridized carbons (Fsp3) is 0.357. The van der Waals surface area contributed by atoms with Crippen LogP contribution in [0, 0.1) is 0 Å². The first kappa shape index (κ1) is 14.1. The third-order valence-corrected chi connectivity index (χ3v) is 4.17. The Kier molecular flexibility index (Phi) is 3.94. The first-order chi connectivity index (χ1) is 10.2. The molecule has 0 aliphatic heterocycles. The van der Waals surface area contributed by atoms with E-state index in [0.717, 1.165) is 28.1 Å². The lowest BCUT2D eigenvalue weighted by Gasteiger charge is -2.12. The van der Waals surface area contributed by atoms with Gasteiger partial charge < -0.3 is 14.7 Å². The molecule has 3 aromatic heterocycles. The van der Waals surface area contributed by atoms with E-state index in [4.69, 9.17) is 5.73 Å². The molecular formula is C14H18N6S. The maximum Gasteiger partial charge on any atom is 0.191 e. The molecular weight excluding hydrogens is 284 g/mol. The van der Waals surface area contributed by atoms with Gasteiger partial charge in [-0.05, 0) is 26.0 Å². The van der Waals surface area contributed by atoms with Gasteiger partial charge in [0.15, 0.2) is 5.16 Å². The van der Waals surface area contributed by atoms with Crippen LogP contribution in [0.2, 0.25) is 0 Å². The molecule has 0 aliphatic rings. The van der Waals surface area contributed by atoms with Crippen LogP contribution in [0.25, 0.3) is 5.65 Å². The minimum Gasteiger partial charge on any atom is -0.324 e. The number of pyridine rings is 1. The summed E-state index contributed by atoms with van der Waals surface area (Å²) in [5, 5.41) is 9.28. The van der Waals surface area contributed by atoms with Crippen molar-refractivity contribution < 1.29 is 0 Å². The van der Waals surface area contributed by atoms with Gasteiger partial charge in [0.2, 0.25) is 0 Å². The molecule has 0 saturated heterocycles. The van der Waals surface area contributed by atoms with Crippen molar-refractivity contribution in [2.75, 3.05) is 0 Å². The summed E-state index contributed by atoms with van der Waals surface area (Å²) in [7, 11) is 0. The second kappa shape index (κ2) is 5.87. The molecule has 2 N–H and O–H groups in total. The van der Waals surface area contributed by atoms with E-state index < -0.39 is 0 Å². The molecule has 0 aromatic carbocycles. The van der Waals surface area contributed by atoms with Crippen LogP contribution >= 0.6 is 11.8 Å². The number of thioether (sulfide) groups is 1. The van der Waals surface area contributed by atoms with E-state index in [1.807, 2.05) is 35.0 Å². The van der Waals surface area contributed by atoms with E-state index in [9.17, 15) is 0 Å². The van der Waals surface area contributed by atoms with Crippen LogP contribution in [0.3, 0.4) is 0 Å². The molecule has 110 valence electrons. The number of imidazole rings is 1.